The van der Waals surface area contributed by atoms with Crippen LogP contribution in [-0.4, -0.2) is 41.7 Å². The van der Waals surface area contributed by atoms with Gasteiger partial charge < -0.3 is 15.2 Å². The van der Waals surface area contributed by atoms with Gasteiger partial charge in [-0.05, 0) is 67.1 Å². The van der Waals surface area contributed by atoms with Crippen molar-refractivity contribution in [3.05, 3.63) is 65.4 Å². The zero-order valence-corrected chi connectivity index (χ0v) is 18.6. The van der Waals surface area contributed by atoms with Crippen LogP contribution in [0.15, 0.2) is 48.7 Å². The van der Waals surface area contributed by atoms with E-state index < -0.39 is 0 Å². The molecule has 3 aromatic rings. The van der Waals surface area contributed by atoms with Crippen LogP contribution in [-0.2, 0) is 0 Å². The number of H-pyrrole nitrogens is 1. The highest BCUT2D eigenvalue weighted by atomic mass is 16.1. The second-order valence-electron chi connectivity index (χ2n) is 9.77. The first-order valence-corrected chi connectivity index (χ1v) is 11.0. The minimum absolute atomic E-state index is 0.269. The minimum Gasteiger partial charge on any atom is -0.361 e. The number of hydrogen-bond acceptors (Lipinski definition) is 3. The molecule has 0 radical (unpaired) electrons. The van der Waals surface area contributed by atoms with Gasteiger partial charge in [0, 0.05) is 34.9 Å². The first-order valence-electron chi connectivity index (χ1n) is 11.0. The largest absolute Gasteiger partial charge is 0.361 e. The number of anilines is 1. The van der Waals surface area contributed by atoms with Crippen molar-refractivity contribution < 1.29 is 9.59 Å². The standard InChI is InChI=1S/C26H31N3O2/c1-26(2,3)17-29-12-10-18(11-13-29)23-15-27-24-9-8-20(14-22(23)24)28-25(31)21-7-5-4-6-19(21)16-30/h4-9,14-16,18,27H,10-13,17H2,1-3H3,(H,28,31). The summed E-state index contributed by atoms with van der Waals surface area (Å²) in [6.45, 7) is 10.2. The number of likely N-dealkylation sites (tertiary alicyclic amines) is 1. The number of hydrogen-bond donors (Lipinski definition) is 2. The first kappa shape index (κ1) is 21.3. The van der Waals surface area contributed by atoms with Gasteiger partial charge in [-0.15, -0.1) is 0 Å². The molecule has 0 unspecified atom stereocenters. The summed E-state index contributed by atoms with van der Waals surface area (Å²) in [6.07, 6.45) is 5.13. The minimum atomic E-state index is -0.269. The fourth-order valence-electron chi connectivity index (χ4n) is 4.64. The third-order valence-corrected chi connectivity index (χ3v) is 6.03. The third kappa shape index (κ3) is 4.88. The van der Waals surface area contributed by atoms with E-state index in [1.807, 2.05) is 18.2 Å². The van der Waals surface area contributed by atoms with Crippen molar-refractivity contribution >= 4 is 28.8 Å². The van der Waals surface area contributed by atoms with Gasteiger partial charge in [0.25, 0.3) is 5.91 Å². The molecule has 5 nitrogen and oxygen atoms in total. The lowest BCUT2D eigenvalue weighted by Crippen LogP contribution is -2.38. The number of fused-ring (bicyclic) bond motifs is 1. The van der Waals surface area contributed by atoms with E-state index in [-0.39, 0.29) is 5.91 Å². The molecular weight excluding hydrogens is 386 g/mol. The van der Waals surface area contributed by atoms with Gasteiger partial charge in [0.1, 0.15) is 0 Å². The average Bonchev–Trinajstić information content (AvgIpc) is 3.16. The molecule has 0 bridgehead atoms. The first-order chi connectivity index (χ1) is 14.8. The highest BCUT2D eigenvalue weighted by Gasteiger charge is 2.25. The molecule has 2 heterocycles. The molecule has 2 aromatic carbocycles. The number of nitrogens with one attached hydrogen (secondary N) is 2. The molecule has 1 aliphatic rings. The summed E-state index contributed by atoms with van der Waals surface area (Å²) in [5.41, 5.74) is 4.25. The Hall–Kier alpha value is -2.92. The maximum Gasteiger partial charge on any atom is 0.256 e. The maximum absolute atomic E-state index is 12.7. The van der Waals surface area contributed by atoms with Crippen molar-refractivity contribution in [3.8, 4) is 0 Å². The van der Waals surface area contributed by atoms with Crippen LogP contribution < -0.4 is 5.32 Å². The summed E-state index contributed by atoms with van der Waals surface area (Å²) in [7, 11) is 0. The van der Waals surface area contributed by atoms with Gasteiger partial charge in [-0.2, -0.15) is 0 Å². The maximum atomic E-state index is 12.7. The fraction of sp³-hybridized carbons (Fsp3) is 0.385. The van der Waals surface area contributed by atoms with E-state index in [1.54, 1.807) is 24.3 Å². The lowest BCUT2D eigenvalue weighted by Gasteiger charge is -2.36. The number of amides is 1. The molecule has 2 N–H and O–H groups in total. The highest BCUT2D eigenvalue weighted by Crippen LogP contribution is 2.35. The molecule has 0 saturated carbocycles. The summed E-state index contributed by atoms with van der Waals surface area (Å²) >= 11 is 0. The van der Waals surface area contributed by atoms with Crippen molar-refractivity contribution in [2.24, 2.45) is 5.41 Å². The number of rotatable bonds is 5. The van der Waals surface area contributed by atoms with Crippen LogP contribution in [0.2, 0.25) is 0 Å². The smallest absolute Gasteiger partial charge is 0.256 e. The molecule has 1 saturated heterocycles. The lowest BCUT2D eigenvalue weighted by molar-refractivity contribution is 0.101. The number of aromatic nitrogens is 1. The van der Waals surface area contributed by atoms with Crippen LogP contribution in [0.25, 0.3) is 10.9 Å². The molecule has 1 amide bonds. The number of nitrogens with zero attached hydrogens (tertiary/aromatic N) is 1. The van der Waals surface area contributed by atoms with E-state index in [4.69, 9.17) is 0 Å². The Bertz CT molecular complexity index is 1090. The van der Waals surface area contributed by atoms with Crippen molar-refractivity contribution in [1.82, 2.24) is 9.88 Å². The van der Waals surface area contributed by atoms with Crippen molar-refractivity contribution in [3.63, 3.8) is 0 Å². The van der Waals surface area contributed by atoms with E-state index in [2.05, 4.69) is 42.2 Å². The summed E-state index contributed by atoms with van der Waals surface area (Å²) in [5, 5.41) is 4.12. The Morgan fingerprint density at radius 1 is 1.16 bits per heavy atom. The SMILES string of the molecule is CC(C)(C)CN1CCC(c2c[nH]c3ccc(NC(=O)c4ccccc4C=O)cc23)CC1. The zero-order chi connectivity index (χ0) is 22.0. The lowest BCUT2D eigenvalue weighted by atomic mass is 9.87. The van der Waals surface area contributed by atoms with Gasteiger partial charge in [-0.3, -0.25) is 9.59 Å². The quantitative estimate of drug-likeness (QED) is 0.542. The van der Waals surface area contributed by atoms with Crippen LogP contribution in [0.1, 0.15) is 65.8 Å². The summed E-state index contributed by atoms with van der Waals surface area (Å²) in [6, 6.07) is 12.8. The number of carbonyl (C=O) groups excluding carboxylic acids is 2. The monoisotopic (exact) mass is 417 g/mol. The van der Waals surface area contributed by atoms with Crippen LogP contribution in [0.3, 0.4) is 0 Å². The molecular formula is C26H31N3O2. The Balaban J connectivity index is 1.51. The van der Waals surface area contributed by atoms with Gasteiger partial charge >= 0.3 is 0 Å². The second-order valence-corrected chi connectivity index (χ2v) is 9.77. The van der Waals surface area contributed by atoms with Crippen LogP contribution >= 0.6 is 0 Å². The van der Waals surface area contributed by atoms with Crippen molar-refractivity contribution in [2.75, 3.05) is 25.0 Å². The molecule has 4 rings (SSSR count). The number of aromatic amines is 1. The summed E-state index contributed by atoms with van der Waals surface area (Å²) in [4.78, 5) is 29.9. The van der Waals surface area contributed by atoms with Crippen molar-refractivity contribution in [2.45, 2.75) is 39.5 Å². The van der Waals surface area contributed by atoms with Crippen LogP contribution in [0.5, 0.6) is 0 Å². The molecule has 162 valence electrons. The van der Waals surface area contributed by atoms with E-state index in [1.165, 1.54) is 5.56 Å². The fourth-order valence-corrected chi connectivity index (χ4v) is 4.64. The van der Waals surface area contributed by atoms with E-state index in [0.717, 1.165) is 49.1 Å². The Labute approximate surface area is 183 Å². The topological polar surface area (TPSA) is 65.2 Å². The van der Waals surface area contributed by atoms with Gasteiger partial charge in [-0.25, -0.2) is 0 Å². The van der Waals surface area contributed by atoms with Crippen LogP contribution in [0, 0.1) is 5.41 Å². The second kappa shape index (κ2) is 8.67. The summed E-state index contributed by atoms with van der Waals surface area (Å²) in [5.74, 6) is 0.251. The zero-order valence-electron chi connectivity index (χ0n) is 18.6. The van der Waals surface area contributed by atoms with Gasteiger partial charge in [0.2, 0.25) is 0 Å². The predicted molar refractivity (Wildman–Crippen MR) is 126 cm³/mol. The van der Waals surface area contributed by atoms with E-state index in [9.17, 15) is 9.59 Å². The Morgan fingerprint density at radius 3 is 2.61 bits per heavy atom. The van der Waals surface area contributed by atoms with Gasteiger partial charge in [0.05, 0.1) is 5.56 Å². The molecule has 5 heteroatoms. The van der Waals surface area contributed by atoms with Gasteiger partial charge in [-0.1, -0.05) is 39.0 Å². The van der Waals surface area contributed by atoms with E-state index >= 15 is 0 Å². The summed E-state index contributed by atoms with van der Waals surface area (Å²) < 4.78 is 0. The van der Waals surface area contributed by atoms with Crippen LogP contribution in [0.4, 0.5) is 5.69 Å². The normalized spacial score (nSPS) is 15.8. The number of piperidine rings is 1. The highest BCUT2D eigenvalue weighted by molar-refractivity contribution is 6.09. The third-order valence-electron chi connectivity index (χ3n) is 6.03. The number of aldehydes is 1. The number of benzene rings is 2. The molecule has 1 aromatic heterocycles. The molecule has 1 aliphatic heterocycles. The molecule has 0 aliphatic carbocycles. The molecule has 31 heavy (non-hydrogen) atoms. The number of carbonyl (C=O) groups is 2. The van der Waals surface area contributed by atoms with Crippen molar-refractivity contribution in [1.29, 1.82) is 0 Å². The Morgan fingerprint density at radius 2 is 1.90 bits per heavy atom. The van der Waals surface area contributed by atoms with Gasteiger partial charge in [0.15, 0.2) is 6.29 Å². The molecule has 0 spiro atoms. The molecule has 1 fully saturated rings. The Kier molecular flexibility index (Phi) is 5.96. The van der Waals surface area contributed by atoms with E-state index in [0.29, 0.717) is 28.7 Å². The average molecular weight is 418 g/mol. The molecule has 0 atom stereocenters. The predicted octanol–water partition coefficient (Wildman–Crippen LogP) is 5.46.